The van der Waals surface area contributed by atoms with Crippen molar-refractivity contribution in [2.75, 3.05) is 37.8 Å². The Labute approximate surface area is 209 Å². The molecule has 1 aliphatic rings. The van der Waals surface area contributed by atoms with Crippen molar-refractivity contribution in [2.45, 2.75) is 24.4 Å². The Morgan fingerprint density at radius 2 is 1.86 bits per heavy atom. The molecule has 0 aliphatic carbocycles. The molecule has 2 aromatic carbocycles. The fraction of sp³-hybridized carbons (Fsp3) is 0.308. The van der Waals surface area contributed by atoms with E-state index < -0.39 is 0 Å². The molecule has 0 saturated carbocycles. The highest BCUT2D eigenvalue weighted by atomic mass is 32.2. The topological polar surface area (TPSA) is 79.2 Å². The number of fused-ring (bicyclic) bond motifs is 1. The average Bonchev–Trinajstić information content (AvgIpc) is 3.33. The van der Waals surface area contributed by atoms with Gasteiger partial charge in [0.05, 0.1) is 11.1 Å². The molecule has 1 aliphatic heterocycles. The summed E-state index contributed by atoms with van der Waals surface area (Å²) in [5, 5.41) is 8.65. The van der Waals surface area contributed by atoms with E-state index in [1.54, 1.807) is 18.1 Å². The zero-order valence-electron chi connectivity index (χ0n) is 20.2. The van der Waals surface area contributed by atoms with Crippen LogP contribution in [-0.4, -0.2) is 69.5 Å². The fourth-order valence-electron chi connectivity index (χ4n) is 4.31. The van der Waals surface area contributed by atoms with Crippen LogP contribution in [0.4, 0.5) is 5.82 Å². The molecular weight excluding hydrogens is 458 g/mol. The van der Waals surface area contributed by atoms with Gasteiger partial charge in [-0.1, -0.05) is 29.8 Å². The van der Waals surface area contributed by atoms with E-state index >= 15 is 0 Å². The van der Waals surface area contributed by atoms with Gasteiger partial charge in [-0.3, -0.25) is 9.69 Å². The van der Waals surface area contributed by atoms with Gasteiger partial charge < -0.3 is 10.2 Å². The fourth-order valence-corrected chi connectivity index (χ4v) is 4.72. The smallest absolute Gasteiger partial charge is 0.239 e. The number of hydrogen-bond acceptors (Lipinski definition) is 7. The Kier molecular flexibility index (Phi) is 6.70. The summed E-state index contributed by atoms with van der Waals surface area (Å²) in [5.41, 5.74) is 3.90. The second-order valence-electron chi connectivity index (χ2n) is 8.85. The Bertz CT molecular complexity index is 1320. The summed E-state index contributed by atoms with van der Waals surface area (Å²) in [6, 6.07) is 16.2. The molecule has 4 aromatic rings. The van der Waals surface area contributed by atoms with Crippen molar-refractivity contribution < 1.29 is 4.79 Å². The maximum atomic E-state index is 13.1. The molecule has 1 atom stereocenters. The first-order valence-corrected chi connectivity index (χ1v) is 12.9. The number of rotatable bonds is 6. The average molecular weight is 488 g/mol. The van der Waals surface area contributed by atoms with E-state index in [2.05, 4.69) is 79.8 Å². The number of nitrogens with zero attached hydrogens (tertiary/aromatic N) is 6. The number of piperazine rings is 1. The van der Waals surface area contributed by atoms with Crippen LogP contribution in [0.15, 0.2) is 66.0 Å². The normalized spacial score (nSPS) is 16.5. The summed E-state index contributed by atoms with van der Waals surface area (Å²) in [5.74, 6) is 0.832. The van der Waals surface area contributed by atoms with Crippen LogP contribution < -0.4 is 10.2 Å². The number of likely N-dealkylation sites (N-methyl/N-ethyl adjacent to an activating group) is 1. The number of aromatic nitrogens is 4. The molecule has 1 fully saturated rings. The number of thioether (sulfide) groups is 1. The standard InChI is InChI=1S/C26H29N7OS/c1-18-4-8-20(9-5-18)33-15-22-24(30-33)28-17-29-25(22)32-13-12-31(2)23(16-32)26(34)27-14-19-6-10-21(35-3)11-7-19/h4-11,15,17,23H,12-14,16H2,1-3H3,(H,27,34)/t23-/m0/s1. The minimum Gasteiger partial charge on any atom is -0.353 e. The highest BCUT2D eigenvalue weighted by molar-refractivity contribution is 7.98. The van der Waals surface area contributed by atoms with Gasteiger partial charge in [0.1, 0.15) is 18.2 Å². The molecule has 2 aromatic heterocycles. The zero-order valence-corrected chi connectivity index (χ0v) is 21.0. The monoisotopic (exact) mass is 487 g/mol. The lowest BCUT2D eigenvalue weighted by molar-refractivity contribution is -0.126. The first-order valence-electron chi connectivity index (χ1n) is 11.6. The van der Waals surface area contributed by atoms with Crippen LogP contribution in [0, 0.1) is 6.92 Å². The van der Waals surface area contributed by atoms with E-state index in [0.29, 0.717) is 18.7 Å². The van der Waals surface area contributed by atoms with Crippen LogP contribution in [0.2, 0.25) is 0 Å². The third-order valence-corrected chi connectivity index (χ3v) is 7.21. The van der Waals surface area contributed by atoms with Gasteiger partial charge in [-0.05, 0) is 50.1 Å². The number of aryl methyl sites for hydroxylation is 1. The number of carbonyl (C=O) groups excluding carboxylic acids is 1. The van der Waals surface area contributed by atoms with E-state index in [4.69, 9.17) is 0 Å². The summed E-state index contributed by atoms with van der Waals surface area (Å²) >= 11 is 1.71. The van der Waals surface area contributed by atoms with Crippen LogP contribution in [0.1, 0.15) is 11.1 Å². The predicted octanol–water partition coefficient (Wildman–Crippen LogP) is 3.28. The van der Waals surface area contributed by atoms with Crippen molar-refractivity contribution in [1.29, 1.82) is 0 Å². The van der Waals surface area contributed by atoms with Crippen LogP contribution in [0.3, 0.4) is 0 Å². The largest absolute Gasteiger partial charge is 0.353 e. The van der Waals surface area contributed by atoms with Gasteiger partial charge in [-0.15, -0.1) is 16.9 Å². The maximum absolute atomic E-state index is 13.1. The van der Waals surface area contributed by atoms with E-state index in [9.17, 15) is 4.79 Å². The molecular formula is C26H29N7OS. The highest BCUT2D eigenvalue weighted by Crippen LogP contribution is 2.26. The van der Waals surface area contributed by atoms with E-state index in [1.165, 1.54) is 10.5 Å². The van der Waals surface area contributed by atoms with Gasteiger partial charge in [0.15, 0.2) is 5.65 Å². The molecule has 1 N–H and O–H groups in total. The van der Waals surface area contributed by atoms with Crippen molar-refractivity contribution in [2.24, 2.45) is 0 Å². The number of hydrogen-bond donors (Lipinski definition) is 1. The molecule has 35 heavy (non-hydrogen) atoms. The Hall–Kier alpha value is -3.43. The van der Waals surface area contributed by atoms with Gasteiger partial charge in [-0.2, -0.15) is 0 Å². The molecule has 1 saturated heterocycles. The molecule has 3 heterocycles. The van der Waals surface area contributed by atoms with Crippen molar-refractivity contribution >= 4 is 34.5 Å². The number of anilines is 1. The number of amides is 1. The molecule has 0 unspecified atom stereocenters. The van der Waals surface area contributed by atoms with Gasteiger partial charge in [0, 0.05) is 37.3 Å². The molecule has 0 radical (unpaired) electrons. The van der Waals surface area contributed by atoms with Crippen LogP contribution in [-0.2, 0) is 11.3 Å². The van der Waals surface area contributed by atoms with Gasteiger partial charge >= 0.3 is 0 Å². The SMILES string of the molecule is CSc1ccc(CNC(=O)[C@@H]2CN(c3ncnc4nn(-c5ccc(C)cc5)cc34)CCN2C)cc1. The molecule has 5 rings (SSSR count). The third kappa shape index (κ3) is 5.01. The van der Waals surface area contributed by atoms with Crippen molar-refractivity contribution in [1.82, 2.24) is 30.0 Å². The number of benzene rings is 2. The third-order valence-electron chi connectivity index (χ3n) is 6.47. The Morgan fingerprint density at radius 3 is 2.60 bits per heavy atom. The molecule has 8 nitrogen and oxygen atoms in total. The Morgan fingerprint density at radius 1 is 1.09 bits per heavy atom. The summed E-state index contributed by atoms with van der Waals surface area (Å²) < 4.78 is 1.84. The second kappa shape index (κ2) is 10.1. The van der Waals surface area contributed by atoms with E-state index in [1.807, 2.05) is 30.1 Å². The quantitative estimate of drug-likeness (QED) is 0.418. The van der Waals surface area contributed by atoms with Gasteiger partial charge in [0.2, 0.25) is 5.91 Å². The lowest BCUT2D eigenvalue weighted by Gasteiger charge is -2.39. The molecule has 9 heteroatoms. The lowest BCUT2D eigenvalue weighted by atomic mass is 10.1. The minimum atomic E-state index is -0.272. The molecule has 0 bridgehead atoms. The molecule has 0 spiro atoms. The molecule has 180 valence electrons. The van der Waals surface area contributed by atoms with Crippen molar-refractivity contribution in [3.05, 3.63) is 72.2 Å². The van der Waals surface area contributed by atoms with Crippen LogP contribution in [0.25, 0.3) is 16.7 Å². The summed E-state index contributed by atoms with van der Waals surface area (Å²) in [7, 11) is 2.00. The Balaban J connectivity index is 1.33. The van der Waals surface area contributed by atoms with Gasteiger partial charge in [0.25, 0.3) is 0 Å². The first kappa shape index (κ1) is 23.3. The maximum Gasteiger partial charge on any atom is 0.239 e. The number of carbonyl (C=O) groups is 1. The van der Waals surface area contributed by atoms with Crippen molar-refractivity contribution in [3.8, 4) is 5.69 Å². The van der Waals surface area contributed by atoms with E-state index in [0.717, 1.165) is 35.5 Å². The van der Waals surface area contributed by atoms with Crippen molar-refractivity contribution in [3.63, 3.8) is 0 Å². The van der Waals surface area contributed by atoms with Crippen LogP contribution in [0.5, 0.6) is 0 Å². The second-order valence-corrected chi connectivity index (χ2v) is 9.73. The minimum absolute atomic E-state index is 0.0202. The number of nitrogens with one attached hydrogen (secondary N) is 1. The summed E-state index contributed by atoms with van der Waals surface area (Å²) in [4.78, 5) is 27.6. The zero-order chi connectivity index (χ0) is 24.4. The summed E-state index contributed by atoms with van der Waals surface area (Å²) in [6.07, 6.45) is 5.58. The van der Waals surface area contributed by atoms with Crippen LogP contribution >= 0.6 is 11.8 Å². The molecule has 1 amide bonds. The first-order chi connectivity index (χ1) is 17.0. The highest BCUT2D eigenvalue weighted by Gasteiger charge is 2.31. The lowest BCUT2D eigenvalue weighted by Crippen LogP contribution is -2.57. The van der Waals surface area contributed by atoms with E-state index in [-0.39, 0.29) is 11.9 Å². The predicted molar refractivity (Wildman–Crippen MR) is 140 cm³/mol. The summed E-state index contributed by atoms with van der Waals surface area (Å²) in [6.45, 7) is 4.67. The van der Waals surface area contributed by atoms with Gasteiger partial charge in [-0.25, -0.2) is 14.6 Å².